The fraction of sp³-hybridized carbons (Fsp3) is 0.900. The quantitative estimate of drug-likeness (QED) is 0.0785. The van der Waals surface area contributed by atoms with Crippen LogP contribution in [0.3, 0.4) is 0 Å². The Morgan fingerprint density at radius 2 is 1.00 bits per heavy atom. The topological polar surface area (TPSA) is 26.3 Å². The van der Waals surface area contributed by atoms with E-state index in [4.69, 9.17) is 4.74 Å². The van der Waals surface area contributed by atoms with Gasteiger partial charge in [0.1, 0.15) is 0 Å². The first-order valence-corrected chi connectivity index (χ1v) is 14.6. The molecule has 32 heavy (non-hydrogen) atoms. The average Bonchev–Trinajstić information content (AvgIpc) is 2.80. The van der Waals surface area contributed by atoms with Crippen LogP contribution in [0.2, 0.25) is 0 Å². The van der Waals surface area contributed by atoms with Crippen LogP contribution in [0.5, 0.6) is 0 Å². The number of ether oxygens (including phenoxy) is 1. The Hall–Kier alpha value is -0.790. The van der Waals surface area contributed by atoms with Crippen molar-refractivity contribution in [1.82, 2.24) is 0 Å². The van der Waals surface area contributed by atoms with Crippen molar-refractivity contribution in [2.24, 2.45) is 5.92 Å². The molecule has 0 aromatic heterocycles. The SMILES string of the molecule is CCCCCCCCC=CCCCCCCC(CCCC)C(=O)OCCCCCCCC. The summed E-state index contributed by atoms with van der Waals surface area (Å²) in [5.74, 6) is 0.205. The predicted molar refractivity (Wildman–Crippen MR) is 142 cm³/mol. The third-order valence-corrected chi connectivity index (χ3v) is 6.55. The van der Waals surface area contributed by atoms with Crippen LogP contribution in [-0.2, 0) is 9.53 Å². The number of rotatable bonds is 25. The minimum absolute atomic E-state index is 0.0737. The van der Waals surface area contributed by atoms with Crippen molar-refractivity contribution in [2.45, 2.75) is 162 Å². The smallest absolute Gasteiger partial charge is 0.308 e. The second kappa shape index (κ2) is 26.5. The van der Waals surface area contributed by atoms with Crippen LogP contribution < -0.4 is 0 Å². The molecule has 0 saturated heterocycles. The molecule has 0 N–H and O–H groups in total. The van der Waals surface area contributed by atoms with Gasteiger partial charge in [0.15, 0.2) is 0 Å². The largest absolute Gasteiger partial charge is 0.465 e. The summed E-state index contributed by atoms with van der Waals surface area (Å²) in [6, 6.07) is 0. The maximum atomic E-state index is 12.5. The van der Waals surface area contributed by atoms with Crippen LogP contribution >= 0.6 is 0 Å². The van der Waals surface area contributed by atoms with Gasteiger partial charge in [-0.05, 0) is 44.9 Å². The lowest BCUT2D eigenvalue weighted by Gasteiger charge is -2.16. The first-order valence-electron chi connectivity index (χ1n) is 14.6. The van der Waals surface area contributed by atoms with Crippen molar-refractivity contribution in [3.05, 3.63) is 12.2 Å². The third-order valence-electron chi connectivity index (χ3n) is 6.55. The van der Waals surface area contributed by atoms with Crippen molar-refractivity contribution in [2.75, 3.05) is 6.61 Å². The van der Waals surface area contributed by atoms with Gasteiger partial charge in [-0.25, -0.2) is 0 Å². The molecule has 0 spiro atoms. The highest BCUT2D eigenvalue weighted by Crippen LogP contribution is 2.20. The van der Waals surface area contributed by atoms with Crippen molar-refractivity contribution in [1.29, 1.82) is 0 Å². The molecule has 1 atom stereocenters. The highest BCUT2D eigenvalue weighted by Gasteiger charge is 2.18. The van der Waals surface area contributed by atoms with Crippen molar-refractivity contribution < 1.29 is 9.53 Å². The molecule has 0 amide bonds. The number of unbranched alkanes of at least 4 members (excludes halogenated alkanes) is 16. The van der Waals surface area contributed by atoms with Crippen LogP contribution in [-0.4, -0.2) is 12.6 Å². The van der Waals surface area contributed by atoms with Gasteiger partial charge < -0.3 is 4.74 Å². The molecule has 0 aromatic carbocycles. The molecular formula is C30H58O2. The maximum absolute atomic E-state index is 12.5. The zero-order chi connectivity index (χ0) is 23.5. The van der Waals surface area contributed by atoms with E-state index >= 15 is 0 Å². The molecule has 0 bridgehead atoms. The van der Waals surface area contributed by atoms with E-state index in [0.29, 0.717) is 6.61 Å². The molecule has 0 aliphatic heterocycles. The lowest BCUT2D eigenvalue weighted by molar-refractivity contribution is -0.149. The summed E-state index contributed by atoms with van der Waals surface area (Å²) in [6.07, 6.45) is 32.3. The van der Waals surface area contributed by atoms with Crippen LogP contribution in [0.4, 0.5) is 0 Å². The van der Waals surface area contributed by atoms with Gasteiger partial charge >= 0.3 is 5.97 Å². The van der Waals surface area contributed by atoms with Gasteiger partial charge in [0.2, 0.25) is 0 Å². The second-order valence-electron chi connectivity index (χ2n) is 9.79. The number of hydrogen-bond donors (Lipinski definition) is 0. The zero-order valence-corrected chi connectivity index (χ0v) is 22.3. The van der Waals surface area contributed by atoms with E-state index in [1.54, 1.807) is 0 Å². The molecule has 0 saturated carbocycles. The normalized spacial score (nSPS) is 12.5. The number of hydrogen-bond acceptors (Lipinski definition) is 2. The van der Waals surface area contributed by atoms with Gasteiger partial charge in [-0.2, -0.15) is 0 Å². The minimum Gasteiger partial charge on any atom is -0.465 e. The number of carbonyl (C=O) groups is 1. The average molecular weight is 451 g/mol. The van der Waals surface area contributed by atoms with Gasteiger partial charge in [-0.3, -0.25) is 4.79 Å². The molecule has 0 aromatic rings. The Bertz CT molecular complexity index is 402. The van der Waals surface area contributed by atoms with E-state index in [0.717, 1.165) is 32.1 Å². The number of esters is 1. The number of allylic oxidation sites excluding steroid dienone is 2. The van der Waals surface area contributed by atoms with Gasteiger partial charge in [-0.15, -0.1) is 0 Å². The maximum Gasteiger partial charge on any atom is 0.308 e. The zero-order valence-electron chi connectivity index (χ0n) is 22.3. The van der Waals surface area contributed by atoms with Gasteiger partial charge in [0.25, 0.3) is 0 Å². The lowest BCUT2D eigenvalue weighted by atomic mass is 9.95. The van der Waals surface area contributed by atoms with Crippen LogP contribution in [0.1, 0.15) is 162 Å². The highest BCUT2D eigenvalue weighted by molar-refractivity contribution is 5.72. The predicted octanol–water partition coefficient (Wildman–Crippen LogP) is 10.3. The summed E-state index contributed by atoms with van der Waals surface area (Å²) in [5.41, 5.74) is 0. The molecule has 0 radical (unpaired) electrons. The van der Waals surface area contributed by atoms with Crippen LogP contribution in [0.25, 0.3) is 0 Å². The second-order valence-corrected chi connectivity index (χ2v) is 9.79. The summed E-state index contributed by atoms with van der Waals surface area (Å²) in [4.78, 5) is 12.5. The van der Waals surface area contributed by atoms with Gasteiger partial charge in [-0.1, -0.05) is 129 Å². The molecule has 1 unspecified atom stereocenters. The Morgan fingerprint density at radius 1 is 0.562 bits per heavy atom. The molecule has 190 valence electrons. The summed E-state index contributed by atoms with van der Waals surface area (Å²) in [6.45, 7) is 7.35. The lowest BCUT2D eigenvalue weighted by Crippen LogP contribution is -2.18. The Kier molecular flexibility index (Phi) is 25.8. The Morgan fingerprint density at radius 3 is 1.56 bits per heavy atom. The molecule has 2 nitrogen and oxygen atoms in total. The molecule has 2 heteroatoms. The van der Waals surface area contributed by atoms with E-state index in [1.807, 2.05) is 0 Å². The first kappa shape index (κ1) is 31.2. The van der Waals surface area contributed by atoms with Crippen LogP contribution in [0, 0.1) is 5.92 Å². The van der Waals surface area contributed by atoms with Gasteiger partial charge in [0, 0.05) is 0 Å². The summed E-state index contributed by atoms with van der Waals surface area (Å²) >= 11 is 0. The van der Waals surface area contributed by atoms with Crippen molar-refractivity contribution in [3.8, 4) is 0 Å². The summed E-state index contributed by atoms with van der Waals surface area (Å²) < 4.78 is 5.63. The van der Waals surface area contributed by atoms with Crippen molar-refractivity contribution >= 4 is 5.97 Å². The van der Waals surface area contributed by atoms with E-state index in [2.05, 4.69) is 32.9 Å². The van der Waals surface area contributed by atoms with E-state index in [9.17, 15) is 4.79 Å². The fourth-order valence-corrected chi connectivity index (χ4v) is 4.29. The summed E-state index contributed by atoms with van der Waals surface area (Å²) in [5, 5.41) is 0. The first-order chi connectivity index (χ1) is 15.8. The molecular weight excluding hydrogens is 392 g/mol. The Balaban J connectivity index is 3.72. The van der Waals surface area contributed by atoms with E-state index in [-0.39, 0.29) is 11.9 Å². The molecule has 0 aliphatic carbocycles. The summed E-state index contributed by atoms with van der Waals surface area (Å²) in [7, 11) is 0. The monoisotopic (exact) mass is 450 g/mol. The van der Waals surface area contributed by atoms with E-state index in [1.165, 1.54) is 109 Å². The number of carbonyl (C=O) groups excluding carboxylic acids is 1. The van der Waals surface area contributed by atoms with Crippen molar-refractivity contribution in [3.63, 3.8) is 0 Å². The molecule has 0 fully saturated rings. The molecule has 0 aliphatic rings. The highest BCUT2D eigenvalue weighted by atomic mass is 16.5. The van der Waals surface area contributed by atoms with E-state index < -0.39 is 0 Å². The molecule has 0 heterocycles. The minimum atomic E-state index is 0.0737. The van der Waals surface area contributed by atoms with Crippen LogP contribution in [0.15, 0.2) is 12.2 Å². The standard InChI is InChI=1S/C30H58O2/c1-4-7-10-12-14-15-16-17-18-19-20-21-22-24-27-29(26-9-6-3)30(31)32-28-25-23-13-11-8-5-2/h17-18,29H,4-16,19-28H2,1-3H3. The Labute approximate surface area is 202 Å². The van der Waals surface area contributed by atoms with Gasteiger partial charge in [0.05, 0.1) is 12.5 Å². The third kappa shape index (κ3) is 22.4. The molecule has 0 rings (SSSR count). The fourth-order valence-electron chi connectivity index (χ4n) is 4.29.